The Kier molecular flexibility index (Phi) is 6.58. The quantitative estimate of drug-likeness (QED) is 0.809. The van der Waals surface area contributed by atoms with Crippen LogP contribution in [0.2, 0.25) is 0 Å². The van der Waals surface area contributed by atoms with E-state index in [0.717, 1.165) is 12.1 Å². The second-order valence-corrected chi connectivity index (χ2v) is 6.55. The van der Waals surface area contributed by atoms with Crippen LogP contribution < -0.4 is 10.2 Å². The van der Waals surface area contributed by atoms with Crippen LogP contribution in [-0.2, 0) is 9.59 Å². The van der Waals surface area contributed by atoms with Gasteiger partial charge in [0, 0.05) is 38.4 Å². The van der Waals surface area contributed by atoms with E-state index in [1.807, 2.05) is 0 Å². The summed E-state index contributed by atoms with van der Waals surface area (Å²) in [6, 6.07) is 6.37. The second-order valence-electron chi connectivity index (χ2n) is 6.55. The zero-order valence-electron chi connectivity index (χ0n) is 14.4. The summed E-state index contributed by atoms with van der Waals surface area (Å²) >= 11 is 0. The average molecular weight is 335 g/mol. The molecule has 1 aromatic carbocycles. The number of hydrogen-bond donors (Lipinski definition) is 1. The normalized spacial score (nSPS) is 14.8. The maximum Gasteiger partial charge on any atom is 0.232 e. The molecule has 0 atom stereocenters. The largest absolute Gasteiger partial charge is 0.368 e. The molecule has 1 saturated heterocycles. The van der Waals surface area contributed by atoms with Gasteiger partial charge in [0.2, 0.25) is 11.8 Å². The smallest absolute Gasteiger partial charge is 0.232 e. The molecule has 0 aliphatic carbocycles. The molecule has 1 fully saturated rings. The molecule has 0 bridgehead atoms. The van der Waals surface area contributed by atoms with Crippen molar-refractivity contribution >= 4 is 17.5 Å². The Morgan fingerprint density at radius 2 is 1.75 bits per heavy atom. The maximum absolute atomic E-state index is 13.0. The van der Waals surface area contributed by atoms with E-state index in [-0.39, 0.29) is 24.1 Å². The summed E-state index contributed by atoms with van der Waals surface area (Å²) in [5.74, 6) is -0.0611. The van der Waals surface area contributed by atoms with E-state index in [9.17, 15) is 14.0 Å². The van der Waals surface area contributed by atoms with Crippen molar-refractivity contribution in [2.24, 2.45) is 5.92 Å². The summed E-state index contributed by atoms with van der Waals surface area (Å²) in [5.41, 5.74) is 0.954. The molecule has 2 rings (SSSR count). The topological polar surface area (TPSA) is 52.7 Å². The van der Waals surface area contributed by atoms with Gasteiger partial charge in [-0.3, -0.25) is 9.59 Å². The van der Waals surface area contributed by atoms with Gasteiger partial charge in [0.25, 0.3) is 0 Å². The predicted molar refractivity (Wildman–Crippen MR) is 92.3 cm³/mol. The fourth-order valence-electron chi connectivity index (χ4n) is 2.68. The highest BCUT2D eigenvalue weighted by Crippen LogP contribution is 2.17. The highest BCUT2D eigenvalue weighted by molar-refractivity contribution is 5.96. The van der Waals surface area contributed by atoms with Gasteiger partial charge < -0.3 is 15.1 Å². The first-order valence-electron chi connectivity index (χ1n) is 8.50. The third-order valence-corrected chi connectivity index (χ3v) is 4.18. The zero-order chi connectivity index (χ0) is 17.5. The molecule has 0 saturated carbocycles. The van der Waals surface area contributed by atoms with Crippen molar-refractivity contribution in [3.63, 3.8) is 0 Å². The van der Waals surface area contributed by atoms with Gasteiger partial charge in [-0.1, -0.05) is 13.8 Å². The zero-order valence-corrected chi connectivity index (χ0v) is 14.4. The lowest BCUT2D eigenvalue weighted by atomic mass is 10.1. The Hall–Kier alpha value is -2.11. The molecule has 0 aromatic heterocycles. The molecular weight excluding hydrogens is 309 g/mol. The summed E-state index contributed by atoms with van der Waals surface area (Å²) in [6.07, 6.45) is 0.824. The molecule has 1 N–H and O–H groups in total. The minimum Gasteiger partial charge on any atom is -0.368 e. The Labute approximate surface area is 142 Å². The summed E-state index contributed by atoms with van der Waals surface area (Å²) in [7, 11) is 0. The van der Waals surface area contributed by atoms with Crippen LogP contribution >= 0.6 is 0 Å². The van der Waals surface area contributed by atoms with Gasteiger partial charge in [-0.25, -0.2) is 4.39 Å². The maximum atomic E-state index is 13.0. The number of amides is 2. The number of anilines is 1. The number of piperazine rings is 1. The second kappa shape index (κ2) is 8.66. The molecule has 24 heavy (non-hydrogen) atoms. The van der Waals surface area contributed by atoms with Crippen molar-refractivity contribution in [3.05, 3.63) is 30.1 Å². The third-order valence-electron chi connectivity index (χ3n) is 4.18. The first-order chi connectivity index (χ1) is 11.5. The molecule has 132 valence electrons. The number of benzene rings is 1. The lowest BCUT2D eigenvalue weighted by Crippen LogP contribution is -2.49. The molecule has 0 unspecified atom stereocenters. The lowest BCUT2D eigenvalue weighted by molar-refractivity contribution is -0.136. The summed E-state index contributed by atoms with van der Waals surface area (Å²) in [5, 5.41) is 2.79. The Morgan fingerprint density at radius 3 is 2.33 bits per heavy atom. The van der Waals surface area contributed by atoms with Crippen molar-refractivity contribution in [2.75, 3.05) is 37.6 Å². The fourth-order valence-corrected chi connectivity index (χ4v) is 2.68. The van der Waals surface area contributed by atoms with E-state index in [0.29, 0.717) is 38.6 Å². The van der Waals surface area contributed by atoms with Crippen LogP contribution in [0, 0.1) is 11.7 Å². The van der Waals surface area contributed by atoms with E-state index < -0.39 is 0 Å². The summed E-state index contributed by atoms with van der Waals surface area (Å²) in [6.45, 7) is 7.33. The molecule has 1 heterocycles. The van der Waals surface area contributed by atoms with Crippen LogP contribution in [0.5, 0.6) is 0 Å². The van der Waals surface area contributed by atoms with Gasteiger partial charge in [0.05, 0.1) is 0 Å². The van der Waals surface area contributed by atoms with Crippen LogP contribution in [0.1, 0.15) is 26.7 Å². The number of halogens is 1. The SMILES string of the molecule is CC(C)CCNC(=O)CC(=O)N1CCN(c2ccc(F)cc2)CC1. The van der Waals surface area contributed by atoms with Gasteiger partial charge in [-0.05, 0) is 36.6 Å². The van der Waals surface area contributed by atoms with E-state index in [4.69, 9.17) is 0 Å². The highest BCUT2D eigenvalue weighted by atomic mass is 19.1. The first kappa shape index (κ1) is 18.2. The third kappa shape index (κ3) is 5.51. The van der Waals surface area contributed by atoms with Gasteiger partial charge >= 0.3 is 0 Å². The van der Waals surface area contributed by atoms with Crippen molar-refractivity contribution in [1.82, 2.24) is 10.2 Å². The fraction of sp³-hybridized carbons (Fsp3) is 0.556. The molecule has 6 heteroatoms. The van der Waals surface area contributed by atoms with Gasteiger partial charge in [-0.2, -0.15) is 0 Å². The summed E-state index contributed by atoms with van der Waals surface area (Å²) < 4.78 is 13.0. The van der Waals surface area contributed by atoms with E-state index in [1.165, 1.54) is 12.1 Å². The molecule has 2 amide bonds. The van der Waals surface area contributed by atoms with Crippen LogP contribution in [0.15, 0.2) is 24.3 Å². The van der Waals surface area contributed by atoms with Crippen LogP contribution in [0.4, 0.5) is 10.1 Å². The number of hydrogen-bond acceptors (Lipinski definition) is 3. The van der Waals surface area contributed by atoms with Crippen molar-refractivity contribution < 1.29 is 14.0 Å². The lowest BCUT2D eigenvalue weighted by Gasteiger charge is -2.36. The monoisotopic (exact) mass is 335 g/mol. The summed E-state index contributed by atoms with van der Waals surface area (Å²) in [4.78, 5) is 27.8. The average Bonchev–Trinajstić information content (AvgIpc) is 2.55. The van der Waals surface area contributed by atoms with Crippen LogP contribution in [-0.4, -0.2) is 49.4 Å². The highest BCUT2D eigenvalue weighted by Gasteiger charge is 2.22. The number of nitrogens with zero attached hydrogens (tertiary/aromatic N) is 2. The Morgan fingerprint density at radius 1 is 1.12 bits per heavy atom. The number of rotatable bonds is 6. The first-order valence-corrected chi connectivity index (χ1v) is 8.50. The number of carbonyl (C=O) groups excluding carboxylic acids is 2. The van der Waals surface area contributed by atoms with Crippen molar-refractivity contribution in [2.45, 2.75) is 26.7 Å². The molecule has 0 radical (unpaired) electrons. The van der Waals surface area contributed by atoms with Crippen LogP contribution in [0.25, 0.3) is 0 Å². The van der Waals surface area contributed by atoms with Crippen molar-refractivity contribution in [1.29, 1.82) is 0 Å². The van der Waals surface area contributed by atoms with Gasteiger partial charge in [-0.15, -0.1) is 0 Å². The molecule has 1 aliphatic rings. The molecular formula is C18H26FN3O2. The van der Waals surface area contributed by atoms with Crippen LogP contribution in [0.3, 0.4) is 0 Å². The van der Waals surface area contributed by atoms with E-state index in [2.05, 4.69) is 24.1 Å². The number of carbonyl (C=O) groups is 2. The molecule has 1 aliphatic heterocycles. The molecule has 0 spiro atoms. The van der Waals surface area contributed by atoms with E-state index >= 15 is 0 Å². The Balaban J connectivity index is 1.74. The van der Waals surface area contributed by atoms with Gasteiger partial charge in [0.15, 0.2) is 0 Å². The van der Waals surface area contributed by atoms with Gasteiger partial charge in [0.1, 0.15) is 12.2 Å². The Bertz CT molecular complexity index is 552. The number of nitrogens with one attached hydrogen (secondary N) is 1. The minimum atomic E-state index is -0.254. The minimum absolute atomic E-state index is 0.0886. The predicted octanol–water partition coefficient (Wildman–Crippen LogP) is 2.03. The van der Waals surface area contributed by atoms with Crippen molar-refractivity contribution in [3.8, 4) is 0 Å². The molecule has 1 aromatic rings. The molecule has 5 nitrogen and oxygen atoms in total. The standard InChI is InChI=1S/C18H26FN3O2/c1-14(2)7-8-20-17(23)13-18(24)22-11-9-21(10-12-22)16-5-3-15(19)4-6-16/h3-6,14H,7-13H2,1-2H3,(H,20,23). The van der Waals surface area contributed by atoms with E-state index in [1.54, 1.807) is 17.0 Å².